The van der Waals surface area contributed by atoms with Crippen molar-refractivity contribution in [1.29, 1.82) is 0 Å². The molecule has 1 amide bonds. The van der Waals surface area contributed by atoms with Crippen molar-refractivity contribution in [2.24, 2.45) is 11.8 Å². The largest absolute Gasteiger partial charge is 1.00 e. The molecule has 8 heteroatoms. The van der Waals surface area contributed by atoms with Gasteiger partial charge in [-0.2, -0.15) is 0 Å². The number of carbonyl (C=O) groups excluding carboxylic acids is 2. The number of thioether (sulfide) groups is 1. The number of carboxylic acid groups (broad SMARTS) is 1. The summed E-state index contributed by atoms with van der Waals surface area (Å²) in [5.74, 6) is -2.23. The molecular formula is C20H23KN2O4S. The number of nitrogens with zero attached hydrogens (tertiary/aromatic N) is 2. The molecule has 0 radical (unpaired) electrons. The molecule has 2 saturated heterocycles. The van der Waals surface area contributed by atoms with E-state index in [1.54, 1.807) is 18.7 Å². The number of hydrogen-bond donors (Lipinski definition) is 1. The van der Waals surface area contributed by atoms with Gasteiger partial charge in [-0.05, 0) is 12.5 Å². The third-order valence-electron chi connectivity index (χ3n) is 5.77. The number of rotatable bonds is 6. The van der Waals surface area contributed by atoms with Crippen molar-refractivity contribution < 1.29 is 71.2 Å². The quantitative estimate of drug-likeness (QED) is 0.398. The zero-order valence-electron chi connectivity index (χ0n) is 16.4. The molecule has 2 fully saturated rings. The van der Waals surface area contributed by atoms with E-state index in [1.807, 2.05) is 25.1 Å². The maximum absolute atomic E-state index is 12.3. The zero-order chi connectivity index (χ0) is 19.3. The number of aliphatic hydroxyl groups excluding tert-OH is 1. The van der Waals surface area contributed by atoms with E-state index in [1.165, 1.54) is 10.5 Å². The molecular weight excluding hydrogens is 403 g/mol. The minimum Gasteiger partial charge on any atom is -0.543 e. The number of likely N-dealkylation sites (tertiary alicyclic amines) is 1. The van der Waals surface area contributed by atoms with E-state index in [0.717, 1.165) is 24.5 Å². The van der Waals surface area contributed by atoms with Gasteiger partial charge in [0.2, 0.25) is 5.91 Å². The standard InChI is InChI=1S/C20H24N2O4S.K/c1-11-16-15(12(2)23)19(24)22(16)17(20(25)26)18(11)27-14-9-21(10-14)8-13-6-4-3-5-7-13;/h3-7,11-12,14-16,23H,8-10H2,1-2H3,(H,25,26);/q;+1/p-1/t11-,12-,15-,16-;/m1./s1. The van der Waals surface area contributed by atoms with Crippen LogP contribution in [-0.4, -0.2) is 57.3 Å². The molecule has 28 heavy (non-hydrogen) atoms. The molecule has 0 aliphatic carbocycles. The Morgan fingerprint density at radius 3 is 2.54 bits per heavy atom. The maximum atomic E-state index is 12.3. The van der Waals surface area contributed by atoms with Gasteiger partial charge in [0.15, 0.2) is 0 Å². The number of amides is 1. The number of benzene rings is 1. The maximum Gasteiger partial charge on any atom is 1.00 e. The van der Waals surface area contributed by atoms with Gasteiger partial charge in [-0.1, -0.05) is 37.3 Å². The SMILES string of the molecule is C[C@@H](O)[C@H]1C(=O)N2C(C(=O)[O-])=C(SC3CN(Cc4ccccc4)C3)[C@H](C)[C@H]12.[K+]. The van der Waals surface area contributed by atoms with E-state index in [0.29, 0.717) is 5.25 Å². The van der Waals surface area contributed by atoms with Gasteiger partial charge in [0.1, 0.15) is 0 Å². The number of aliphatic carboxylic acids is 1. The molecule has 1 aromatic carbocycles. The molecule has 3 heterocycles. The first-order chi connectivity index (χ1) is 12.9. The van der Waals surface area contributed by atoms with Crippen LogP contribution in [0, 0.1) is 11.8 Å². The van der Waals surface area contributed by atoms with E-state index < -0.39 is 18.0 Å². The Hall–Kier alpha value is -0.194. The summed E-state index contributed by atoms with van der Waals surface area (Å²) in [5, 5.41) is 21.9. The minimum atomic E-state index is -1.30. The topological polar surface area (TPSA) is 83.9 Å². The van der Waals surface area contributed by atoms with Gasteiger partial charge < -0.3 is 19.9 Å². The number of carbonyl (C=O) groups is 2. The summed E-state index contributed by atoms with van der Waals surface area (Å²) in [6, 6.07) is 9.98. The Kier molecular flexibility index (Phi) is 7.14. The number of aliphatic hydroxyl groups is 1. The molecule has 1 N–H and O–H groups in total. The number of carboxylic acids is 1. The Balaban J connectivity index is 0.00000225. The van der Waals surface area contributed by atoms with Crippen LogP contribution in [0.3, 0.4) is 0 Å². The van der Waals surface area contributed by atoms with Crippen LogP contribution in [0.4, 0.5) is 0 Å². The monoisotopic (exact) mass is 426 g/mol. The second kappa shape index (κ2) is 8.89. The van der Waals surface area contributed by atoms with E-state index in [9.17, 15) is 19.8 Å². The van der Waals surface area contributed by atoms with Crippen LogP contribution in [0.2, 0.25) is 0 Å². The van der Waals surface area contributed by atoms with Crippen LogP contribution in [0.15, 0.2) is 40.9 Å². The average Bonchev–Trinajstić information content (AvgIpc) is 2.83. The van der Waals surface area contributed by atoms with Gasteiger partial charge in [0, 0.05) is 35.7 Å². The number of hydrogen-bond acceptors (Lipinski definition) is 6. The van der Waals surface area contributed by atoms with Gasteiger partial charge in [-0.15, -0.1) is 11.8 Å². The first kappa shape index (κ1) is 22.5. The van der Waals surface area contributed by atoms with Gasteiger partial charge in [0.25, 0.3) is 0 Å². The van der Waals surface area contributed by atoms with Crippen LogP contribution in [0.5, 0.6) is 0 Å². The van der Waals surface area contributed by atoms with Crippen LogP contribution in [0.25, 0.3) is 0 Å². The Morgan fingerprint density at radius 2 is 1.96 bits per heavy atom. The third kappa shape index (κ3) is 3.90. The predicted octanol–water partition coefficient (Wildman–Crippen LogP) is -2.57. The van der Waals surface area contributed by atoms with Crippen molar-refractivity contribution in [3.05, 3.63) is 46.5 Å². The second-order valence-corrected chi connectivity index (χ2v) is 9.02. The molecule has 0 spiro atoms. The molecule has 3 aliphatic rings. The molecule has 1 aromatic rings. The predicted molar refractivity (Wildman–Crippen MR) is 100 cm³/mol. The molecule has 0 unspecified atom stereocenters. The summed E-state index contributed by atoms with van der Waals surface area (Å²) in [4.78, 5) is 28.4. The van der Waals surface area contributed by atoms with E-state index >= 15 is 0 Å². The van der Waals surface area contributed by atoms with Crippen LogP contribution < -0.4 is 56.5 Å². The third-order valence-corrected chi connectivity index (χ3v) is 7.22. The first-order valence-corrected chi connectivity index (χ1v) is 10.2. The summed E-state index contributed by atoms with van der Waals surface area (Å²) < 4.78 is 0. The summed E-state index contributed by atoms with van der Waals surface area (Å²) in [5.41, 5.74) is 1.28. The molecule has 6 nitrogen and oxygen atoms in total. The smallest absolute Gasteiger partial charge is 0.543 e. The molecule has 0 bridgehead atoms. The van der Waals surface area contributed by atoms with Crippen molar-refractivity contribution in [2.45, 2.75) is 37.8 Å². The molecule has 4 rings (SSSR count). The van der Waals surface area contributed by atoms with Gasteiger partial charge in [-0.25, -0.2) is 0 Å². The van der Waals surface area contributed by atoms with Crippen LogP contribution >= 0.6 is 11.8 Å². The van der Waals surface area contributed by atoms with E-state index in [-0.39, 0.29) is 74.9 Å². The van der Waals surface area contributed by atoms with Gasteiger partial charge in [0.05, 0.1) is 29.7 Å². The average molecular weight is 427 g/mol. The summed E-state index contributed by atoms with van der Waals surface area (Å²) >= 11 is 1.56. The molecule has 4 atom stereocenters. The summed E-state index contributed by atoms with van der Waals surface area (Å²) in [7, 11) is 0. The van der Waals surface area contributed by atoms with Crippen molar-refractivity contribution in [3.8, 4) is 0 Å². The second-order valence-electron chi connectivity index (χ2n) is 7.67. The molecule has 0 saturated carbocycles. The van der Waals surface area contributed by atoms with Gasteiger partial charge >= 0.3 is 51.4 Å². The summed E-state index contributed by atoms with van der Waals surface area (Å²) in [6.45, 7) is 6.18. The fourth-order valence-electron chi connectivity index (χ4n) is 4.42. The van der Waals surface area contributed by atoms with Gasteiger partial charge in [-0.3, -0.25) is 9.69 Å². The fourth-order valence-corrected chi connectivity index (χ4v) is 5.99. The van der Waals surface area contributed by atoms with Crippen LogP contribution in [-0.2, 0) is 16.1 Å². The van der Waals surface area contributed by atoms with Crippen molar-refractivity contribution in [2.75, 3.05) is 13.1 Å². The number of fused-ring (bicyclic) bond motifs is 1. The van der Waals surface area contributed by atoms with Crippen molar-refractivity contribution in [3.63, 3.8) is 0 Å². The zero-order valence-corrected chi connectivity index (χ0v) is 20.3. The molecule has 3 aliphatic heterocycles. The van der Waals surface area contributed by atoms with E-state index in [4.69, 9.17) is 0 Å². The Labute approximate surface area is 211 Å². The van der Waals surface area contributed by atoms with Crippen LogP contribution in [0.1, 0.15) is 19.4 Å². The molecule has 144 valence electrons. The van der Waals surface area contributed by atoms with Crippen molar-refractivity contribution >= 4 is 23.6 Å². The minimum absolute atomic E-state index is 0. The Morgan fingerprint density at radius 1 is 1.32 bits per heavy atom. The van der Waals surface area contributed by atoms with E-state index in [2.05, 4.69) is 17.0 Å². The normalized spacial score (nSPS) is 28.3. The first-order valence-electron chi connectivity index (χ1n) is 9.28. The summed E-state index contributed by atoms with van der Waals surface area (Å²) in [6.07, 6.45) is -0.779. The molecule has 0 aromatic heterocycles. The fraction of sp³-hybridized carbons (Fsp3) is 0.500. The Bertz CT molecular complexity index is 795. The van der Waals surface area contributed by atoms with Crippen molar-refractivity contribution in [1.82, 2.24) is 9.80 Å². The number of β-lactam (4-membered cyclic amide) rings is 1.